The highest BCUT2D eigenvalue weighted by atomic mass is 16.6. The average Bonchev–Trinajstić information content (AvgIpc) is 1.88. The molecule has 0 aromatic rings. The number of methoxy groups -OCH3 is 1. The van der Waals surface area contributed by atoms with Crippen LogP contribution in [-0.2, 0) is 9.47 Å². The smallest absolute Gasteiger partial charge is 0.180 e. The molecule has 2 atom stereocenters. The average molecular weight is 150 g/mol. The fourth-order valence-corrected chi connectivity index (χ4v) is 0.391. The van der Waals surface area contributed by atoms with E-state index in [1.165, 1.54) is 14.0 Å². The molecule has 62 valence electrons. The van der Waals surface area contributed by atoms with Crippen molar-refractivity contribution in [3.05, 3.63) is 0 Å². The molecule has 0 aliphatic carbocycles. The number of ether oxygens (including phenoxy) is 2. The largest absolute Gasteiger partial charge is 0.388 e. The Balaban J connectivity index is 3.13. The van der Waals surface area contributed by atoms with Crippen molar-refractivity contribution < 1.29 is 19.7 Å². The van der Waals surface area contributed by atoms with E-state index in [4.69, 9.17) is 14.9 Å². The van der Waals surface area contributed by atoms with Crippen molar-refractivity contribution in [3.63, 3.8) is 0 Å². The second-order valence-corrected chi connectivity index (χ2v) is 1.99. The van der Waals surface area contributed by atoms with Gasteiger partial charge < -0.3 is 19.7 Å². The first-order valence-electron chi connectivity index (χ1n) is 3.15. The van der Waals surface area contributed by atoms with Gasteiger partial charge in [0.2, 0.25) is 0 Å². The molecule has 4 nitrogen and oxygen atoms in total. The van der Waals surface area contributed by atoms with Gasteiger partial charge in [0.05, 0.1) is 13.2 Å². The second kappa shape index (κ2) is 5.61. The normalized spacial score (nSPS) is 16.8. The summed E-state index contributed by atoms with van der Waals surface area (Å²) < 4.78 is 9.38. The van der Waals surface area contributed by atoms with E-state index in [1.54, 1.807) is 0 Å². The first-order chi connectivity index (χ1) is 4.68. The van der Waals surface area contributed by atoms with Gasteiger partial charge in [-0.15, -0.1) is 0 Å². The summed E-state index contributed by atoms with van der Waals surface area (Å²) >= 11 is 0. The molecule has 4 heteroatoms. The van der Waals surface area contributed by atoms with Gasteiger partial charge >= 0.3 is 0 Å². The molecule has 0 aliphatic rings. The molecule has 0 aromatic heterocycles. The van der Waals surface area contributed by atoms with E-state index < -0.39 is 12.4 Å². The van der Waals surface area contributed by atoms with Gasteiger partial charge in [-0.25, -0.2) is 0 Å². The summed E-state index contributed by atoms with van der Waals surface area (Å²) in [7, 11) is 1.54. The molecule has 0 saturated heterocycles. The predicted molar refractivity (Wildman–Crippen MR) is 35.5 cm³/mol. The highest BCUT2D eigenvalue weighted by molar-refractivity contribution is 4.47. The molecule has 2 N–H and O–H groups in total. The number of hydrogen-bond acceptors (Lipinski definition) is 4. The zero-order valence-corrected chi connectivity index (χ0v) is 6.28. The summed E-state index contributed by atoms with van der Waals surface area (Å²) in [5.74, 6) is 0. The molecule has 0 rings (SSSR count). The highest BCUT2D eigenvalue weighted by Gasteiger charge is 2.09. The maximum Gasteiger partial charge on any atom is 0.180 e. The van der Waals surface area contributed by atoms with E-state index >= 15 is 0 Å². The monoisotopic (exact) mass is 150 g/mol. The number of aliphatic hydroxyl groups excluding tert-OH is 2. The van der Waals surface area contributed by atoms with Gasteiger partial charge in [-0.05, 0) is 6.92 Å². The van der Waals surface area contributed by atoms with Gasteiger partial charge in [-0.2, -0.15) is 0 Å². The van der Waals surface area contributed by atoms with Gasteiger partial charge in [0.15, 0.2) is 6.29 Å². The van der Waals surface area contributed by atoms with Crippen LogP contribution >= 0.6 is 0 Å². The molecule has 0 aromatic carbocycles. The van der Waals surface area contributed by atoms with Crippen molar-refractivity contribution in [2.24, 2.45) is 0 Å². The van der Waals surface area contributed by atoms with Crippen LogP contribution in [0.1, 0.15) is 6.92 Å². The lowest BCUT2D eigenvalue weighted by Gasteiger charge is -2.13. The maximum absolute atomic E-state index is 8.83. The molecule has 0 radical (unpaired) electrons. The topological polar surface area (TPSA) is 58.9 Å². The Kier molecular flexibility index (Phi) is 5.52. The first kappa shape index (κ1) is 9.84. The van der Waals surface area contributed by atoms with E-state index in [9.17, 15) is 0 Å². The zero-order chi connectivity index (χ0) is 7.98. The van der Waals surface area contributed by atoms with E-state index in [2.05, 4.69) is 4.74 Å². The fourth-order valence-electron chi connectivity index (χ4n) is 0.391. The Hall–Kier alpha value is -0.160. The Labute approximate surface area is 60.4 Å². The molecule has 0 amide bonds. The van der Waals surface area contributed by atoms with E-state index in [0.717, 1.165) is 0 Å². The van der Waals surface area contributed by atoms with Crippen molar-refractivity contribution in [2.75, 3.05) is 20.3 Å². The Morgan fingerprint density at radius 2 is 1.90 bits per heavy atom. The molecular weight excluding hydrogens is 136 g/mol. The van der Waals surface area contributed by atoms with Crippen LogP contribution in [-0.4, -0.2) is 42.9 Å². The summed E-state index contributed by atoms with van der Waals surface area (Å²) in [6.45, 7) is 2.17. The SMILES string of the molecule is COCCOC(O)C(C)O. The van der Waals surface area contributed by atoms with Gasteiger partial charge in [0.25, 0.3) is 0 Å². The molecule has 0 heterocycles. The number of rotatable bonds is 5. The molecule has 0 bridgehead atoms. The minimum Gasteiger partial charge on any atom is -0.388 e. The van der Waals surface area contributed by atoms with Crippen LogP contribution in [0, 0.1) is 0 Å². The third-order valence-electron chi connectivity index (χ3n) is 0.989. The van der Waals surface area contributed by atoms with Crippen LogP contribution in [0.3, 0.4) is 0 Å². The lowest BCUT2D eigenvalue weighted by Crippen LogP contribution is -2.26. The standard InChI is InChI=1S/C6H14O4/c1-5(7)6(8)10-4-3-9-2/h5-8H,3-4H2,1-2H3. The van der Waals surface area contributed by atoms with E-state index in [0.29, 0.717) is 13.2 Å². The molecule has 0 spiro atoms. The van der Waals surface area contributed by atoms with Gasteiger partial charge in [0, 0.05) is 7.11 Å². The van der Waals surface area contributed by atoms with Crippen LogP contribution in [0.25, 0.3) is 0 Å². The summed E-state index contributed by atoms with van der Waals surface area (Å²) in [6.07, 6.45) is -1.95. The van der Waals surface area contributed by atoms with Gasteiger partial charge in [-0.3, -0.25) is 0 Å². The van der Waals surface area contributed by atoms with Crippen molar-refractivity contribution in [2.45, 2.75) is 19.3 Å². The van der Waals surface area contributed by atoms with Gasteiger partial charge in [-0.1, -0.05) is 0 Å². The highest BCUT2D eigenvalue weighted by Crippen LogP contribution is 1.93. The number of aliphatic hydroxyl groups is 2. The van der Waals surface area contributed by atoms with Crippen molar-refractivity contribution in [3.8, 4) is 0 Å². The van der Waals surface area contributed by atoms with Crippen molar-refractivity contribution in [1.82, 2.24) is 0 Å². The molecular formula is C6H14O4. The quantitative estimate of drug-likeness (QED) is 0.404. The Bertz CT molecular complexity index is 74.1. The molecule has 0 saturated carbocycles. The van der Waals surface area contributed by atoms with Gasteiger partial charge in [0.1, 0.15) is 6.10 Å². The summed E-state index contributed by atoms with van der Waals surface area (Å²) in [5, 5.41) is 17.5. The summed E-state index contributed by atoms with van der Waals surface area (Å²) in [4.78, 5) is 0. The van der Waals surface area contributed by atoms with Crippen LogP contribution in [0.5, 0.6) is 0 Å². The van der Waals surface area contributed by atoms with Crippen LogP contribution < -0.4 is 0 Å². The summed E-state index contributed by atoms with van der Waals surface area (Å²) in [5.41, 5.74) is 0. The van der Waals surface area contributed by atoms with E-state index in [1.807, 2.05) is 0 Å². The third kappa shape index (κ3) is 4.69. The molecule has 0 fully saturated rings. The van der Waals surface area contributed by atoms with Crippen LogP contribution in [0.15, 0.2) is 0 Å². The number of hydrogen-bond donors (Lipinski definition) is 2. The van der Waals surface area contributed by atoms with E-state index in [-0.39, 0.29) is 0 Å². The Morgan fingerprint density at radius 1 is 1.30 bits per heavy atom. The fraction of sp³-hybridized carbons (Fsp3) is 1.00. The predicted octanol–water partition coefficient (Wildman–Crippen LogP) is -0.651. The first-order valence-corrected chi connectivity index (χ1v) is 3.15. The van der Waals surface area contributed by atoms with Crippen LogP contribution in [0.2, 0.25) is 0 Å². The third-order valence-corrected chi connectivity index (χ3v) is 0.989. The summed E-state index contributed by atoms with van der Waals surface area (Å²) in [6, 6.07) is 0. The molecule has 2 unspecified atom stereocenters. The maximum atomic E-state index is 8.83. The van der Waals surface area contributed by atoms with Crippen molar-refractivity contribution in [1.29, 1.82) is 0 Å². The lowest BCUT2D eigenvalue weighted by atomic mass is 10.4. The minimum atomic E-state index is -1.10. The van der Waals surface area contributed by atoms with Crippen molar-refractivity contribution >= 4 is 0 Å². The molecule has 0 aliphatic heterocycles. The lowest BCUT2D eigenvalue weighted by molar-refractivity contribution is -0.161. The molecule has 10 heavy (non-hydrogen) atoms. The second-order valence-electron chi connectivity index (χ2n) is 1.99. The van der Waals surface area contributed by atoms with Crippen LogP contribution in [0.4, 0.5) is 0 Å². The zero-order valence-electron chi connectivity index (χ0n) is 6.28. The Morgan fingerprint density at radius 3 is 2.30 bits per heavy atom. The minimum absolute atomic E-state index is 0.294.